The fourth-order valence-electron chi connectivity index (χ4n) is 1.33. The van der Waals surface area contributed by atoms with E-state index < -0.39 is 11.7 Å². The molecule has 108 valence electrons. The molecule has 0 aromatic heterocycles. The molecule has 1 amide bonds. The topological polar surface area (TPSA) is 38.3 Å². The summed E-state index contributed by atoms with van der Waals surface area (Å²) >= 11 is 5.61. The Morgan fingerprint density at radius 1 is 1.50 bits per heavy atom. The number of halogens is 2. The summed E-state index contributed by atoms with van der Waals surface area (Å²) in [6, 6.07) is 5.80. The van der Waals surface area contributed by atoms with Crippen molar-refractivity contribution in [3.05, 3.63) is 33.8 Å². The van der Waals surface area contributed by atoms with Crippen LogP contribution in [-0.2, 0) is 11.3 Å². The van der Waals surface area contributed by atoms with Gasteiger partial charge in [0.05, 0.1) is 0 Å². The Morgan fingerprint density at radius 2 is 2.20 bits per heavy atom. The minimum atomic E-state index is -0.485. The summed E-state index contributed by atoms with van der Waals surface area (Å²) in [7, 11) is 1.44. The first-order valence-corrected chi connectivity index (χ1v) is 10.0. The number of rotatable bonds is 2. The van der Waals surface area contributed by atoms with Gasteiger partial charge in [-0.25, -0.2) is 4.79 Å². The molecule has 0 fully saturated rings. The monoisotopic (exact) mass is 467 g/mol. The van der Waals surface area contributed by atoms with E-state index in [9.17, 15) is 4.79 Å². The molecule has 6 heteroatoms. The standard InChI is InChI=1S/C14H15BrINO2S/c1-14(2,3)19-13(18)17-9-10-4-5-11(6-7-20-16)12(15)8-10/h4-5,8H,9H2,1-3H3,(H,17,18). The summed E-state index contributed by atoms with van der Waals surface area (Å²) in [5.41, 5.74) is 1.42. The lowest BCUT2D eigenvalue weighted by Crippen LogP contribution is -2.32. The van der Waals surface area contributed by atoms with Crippen molar-refractivity contribution in [1.29, 1.82) is 0 Å². The zero-order chi connectivity index (χ0) is 15.2. The van der Waals surface area contributed by atoms with Crippen molar-refractivity contribution in [3.63, 3.8) is 0 Å². The lowest BCUT2D eigenvalue weighted by Gasteiger charge is -2.19. The van der Waals surface area contributed by atoms with Gasteiger partial charge in [0, 0.05) is 37.8 Å². The molecule has 0 saturated carbocycles. The molecule has 0 heterocycles. The van der Waals surface area contributed by atoms with Crippen molar-refractivity contribution in [2.75, 3.05) is 0 Å². The SMILES string of the molecule is CC(C)(C)OC(=O)NCc1ccc(C#CSI)c(Br)c1. The number of carbonyl (C=O) groups excluding carboxylic acids is 1. The smallest absolute Gasteiger partial charge is 0.407 e. The molecule has 1 aromatic carbocycles. The van der Waals surface area contributed by atoms with Crippen LogP contribution in [0.15, 0.2) is 22.7 Å². The van der Waals surface area contributed by atoms with E-state index in [4.69, 9.17) is 4.74 Å². The van der Waals surface area contributed by atoms with Crippen LogP contribution in [0.2, 0.25) is 0 Å². The summed E-state index contributed by atoms with van der Waals surface area (Å²) < 4.78 is 6.09. The van der Waals surface area contributed by atoms with Gasteiger partial charge >= 0.3 is 6.09 Å². The third kappa shape index (κ3) is 6.86. The van der Waals surface area contributed by atoms with Crippen molar-refractivity contribution in [1.82, 2.24) is 5.32 Å². The second-order valence-corrected chi connectivity index (χ2v) is 7.51. The molecule has 1 N–H and O–H groups in total. The Bertz CT molecular complexity index is 546. The highest BCUT2D eigenvalue weighted by Crippen LogP contribution is 2.19. The van der Waals surface area contributed by atoms with Crippen LogP contribution < -0.4 is 5.32 Å². The second kappa shape index (κ2) is 8.15. The van der Waals surface area contributed by atoms with Crippen molar-refractivity contribution in [2.45, 2.75) is 32.9 Å². The third-order valence-corrected chi connectivity index (χ3v) is 3.59. The van der Waals surface area contributed by atoms with Crippen LogP contribution in [0.4, 0.5) is 4.79 Å². The number of benzene rings is 1. The molecule has 1 aromatic rings. The molecule has 0 aliphatic carbocycles. The molecule has 0 saturated heterocycles. The van der Waals surface area contributed by atoms with Gasteiger partial charge in [-0.05, 0) is 68.6 Å². The highest BCUT2D eigenvalue weighted by molar-refractivity contribution is 14.2. The molecular weight excluding hydrogens is 453 g/mol. The Hall–Kier alpha value is -0.390. The van der Waals surface area contributed by atoms with Gasteiger partial charge in [-0.1, -0.05) is 12.0 Å². The molecule has 1 rings (SSSR count). The minimum Gasteiger partial charge on any atom is -0.444 e. The predicted octanol–water partition coefficient (Wildman–Crippen LogP) is 4.87. The largest absolute Gasteiger partial charge is 0.444 e. The number of hydrogen-bond donors (Lipinski definition) is 1. The summed E-state index contributed by atoms with van der Waals surface area (Å²) in [6.07, 6.45) is -0.418. The summed E-state index contributed by atoms with van der Waals surface area (Å²) in [6.45, 7) is 5.92. The molecule has 0 bridgehead atoms. The van der Waals surface area contributed by atoms with Crippen LogP contribution in [-0.4, -0.2) is 11.7 Å². The number of amides is 1. The zero-order valence-electron chi connectivity index (χ0n) is 11.4. The van der Waals surface area contributed by atoms with Gasteiger partial charge in [-0.2, -0.15) is 0 Å². The first-order chi connectivity index (χ1) is 9.31. The second-order valence-electron chi connectivity index (χ2n) is 4.97. The molecule has 0 atom stereocenters. The maximum absolute atomic E-state index is 11.6. The summed E-state index contributed by atoms with van der Waals surface area (Å²) in [5, 5.41) is 5.66. The number of nitrogens with one attached hydrogen (secondary N) is 1. The number of carbonyl (C=O) groups is 1. The maximum Gasteiger partial charge on any atom is 0.407 e. The van der Waals surface area contributed by atoms with Gasteiger partial charge in [-0.15, -0.1) is 0 Å². The van der Waals surface area contributed by atoms with Gasteiger partial charge in [-0.3, -0.25) is 0 Å². The van der Waals surface area contributed by atoms with Crippen molar-refractivity contribution >= 4 is 52.2 Å². The number of hydrogen-bond acceptors (Lipinski definition) is 3. The van der Waals surface area contributed by atoms with E-state index in [1.807, 2.05) is 39.0 Å². The fourth-order valence-corrected chi connectivity index (χ4v) is 2.34. The fraction of sp³-hybridized carbons (Fsp3) is 0.357. The predicted molar refractivity (Wildman–Crippen MR) is 95.7 cm³/mol. The van der Waals surface area contributed by atoms with Crippen LogP contribution in [0, 0.1) is 11.2 Å². The molecule has 3 nitrogen and oxygen atoms in total. The van der Waals surface area contributed by atoms with Gasteiger partial charge in [0.1, 0.15) is 5.60 Å². The van der Waals surface area contributed by atoms with Gasteiger partial charge < -0.3 is 10.1 Å². The van der Waals surface area contributed by atoms with Crippen molar-refractivity contribution in [2.24, 2.45) is 0 Å². The number of ether oxygens (including phenoxy) is 1. The molecule has 0 spiro atoms. The Labute approximate surface area is 144 Å². The highest BCUT2D eigenvalue weighted by Gasteiger charge is 2.15. The van der Waals surface area contributed by atoms with E-state index in [0.717, 1.165) is 15.6 Å². The molecule has 0 unspecified atom stereocenters. The molecule has 0 aliphatic heterocycles. The zero-order valence-corrected chi connectivity index (χ0v) is 16.0. The van der Waals surface area contributed by atoms with Gasteiger partial charge in [0.15, 0.2) is 0 Å². The average molecular weight is 468 g/mol. The van der Waals surface area contributed by atoms with Gasteiger partial charge in [0.2, 0.25) is 0 Å². The average Bonchev–Trinajstić information content (AvgIpc) is 2.33. The highest BCUT2D eigenvalue weighted by atomic mass is 127. The van der Waals surface area contributed by atoms with Crippen molar-refractivity contribution in [3.8, 4) is 11.2 Å². The van der Waals surface area contributed by atoms with E-state index in [2.05, 4.69) is 53.6 Å². The van der Waals surface area contributed by atoms with E-state index in [-0.39, 0.29) is 0 Å². The van der Waals surface area contributed by atoms with Gasteiger partial charge in [0.25, 0.3) is 0 Å². The Balaban J connectivity index is 2.62. The summed E-state index contributed by atoms with van der Waals surface area (Å²) in [4.78, 5) is 11.6. The lowest BCUT2D eigenvalue weighted by molar-refractivity contribution is 0.0523. The minimum absolute atomic E-state index is 0.418. The third-order valence-electron chi connectivity index (χ3n) is 2.09. The first kappa shape index (κ1) is 17.7. The van der Waals surface area contributed by atoms with E-state index >= 15 is 0 Å². The van der Waals surface area contributed by atoms with E-state index in [0.29, 0.717) is 6.54 Å². The Morgan fingerprint density at radius 3 is 2.75 bits per heavy atom. The maximum atomic E-state index is 11.6. The van der Waals surface area contributed by atoms with Crippen LogP contribution in [0.5, 0.6) is 0 Å². The first-order valence-electron chi connectivity index (χ1n) is 5.85. The van der Waals surface area contributed by atoms with Crippen LogP contribution in [0.25, 0.3) is 0 Å². The molecule has 20 heavy (non-hydrogen) atoms. The van der Waals surface area contributed by atoms with Crippen LogP contribution >= 0.6 is 46.1 Å². The molecule has 0 radical (unpaired) electrons. The van der Waals surface area contributed by atoms with Crippen LogP contribution in [0.3, 0.4) is 0 Å². The number of alkyl carbamates (subject to hydrolysis) is 1. The normalized spacial score (nSPS) is 10.4. The quantitative estimate of drug-likeness (QED) is 0.498. The molecule has 0 aliphatic rings. The van der Waals surface area contributed by atoms with Crippen LogP contribution in [0.1, 0.15) is 31.9 Å². The Kier molecular flexibility index (Phi) is 7.20. The molecular formula is C14H15BrINO2S. The van der Waals surface area contributed by atoms with E-state index in [1.165, 1.54) is 8.93 Å². The lowest BCUT2D eigenvalue weighted by atomic mass is 10.1. The van der Waals surface area contributed by atoms with Crippen molar-refractivity contribution < 1.29 is 9.53 Å². The van der Waals surface area contributed by atoms with E-state index in [1.54, 1.807) is 0 Å². The summed E-state index contributed by atoms with van der Waals surface area (Å²) in [5.74, 6) is 3.03.